The smallest absolute Gasteiger partial charge is 0.511 e. The monoisotopic (exact) mass is 409 g/mol. The van der Waals surface area contributed by atoms with Crippen LogP contribution in [-0.2, 0) is 4.65 Å². The first-order valence-corrected chi connectivity index (χ1v) is 8.37. The number of hydrogen-bond acceptors (Lipinski definition) is 5. The maximum atomic E-state index is 11.1. The molecule has 0 amide bonds. The highest BCUT2D eigenvalue weighted by Gasteiger charge is 2.34. The third-order valence-electron chi connectivity index (χ3n) is 3.63. The normalized spacial score (nSPS) is 10.5. The summed E-state index contributed by atoms with van der Waals surface area (Å²) < 4.78 is 12.8. The molecule has 0 aliphatic rings. The summed E-state index contributed by atoms with van der Waals surface area (Å²) in [6.07, 6.45) is 2.21. The fraction of sp³-hybridized carbons (Fsp3) is 0.500. The number of carbonyl (C=O) groups is 1. The third kappa shape index (κ3) is 7.54. The minimum Gasteiger partial charge on any atom is -0.511 e. The van der Waals surface area contributed by atoms with Crippen molar-refractivity contribution in [3.05, 3.63) is 29.8 Å². The zero-order valence-corrected chi connectivity index (χ0v) is 15.7. The molecule has 1 aromatic carbocycles. The first kappa shape index (κ1) is 22.2. The molecule has 0 aliphatic carbocycles. The molecule has 0 spiro atoms. The number of rotatable bonds is 8. The molecule has 0 bridgehead atoms. The van der Waals surface area contributed by atoms with Crippen molar-refractivity contribution in [1.29, 1.82) is 0 Å². The van der Waals surface area contributed by atoms with Crippen molar-refractivity contribution in [2.45, 2.75) is 45.6 Å². The molecule has 0 saturated carbocycles. The van der Waals surface area contributed by atoms with E-state index in [1.54, 1.807) is 12.1 Å². The van der Waals surface area contributed by atoms with Gasteiger partial charge in [0.2, 0.25) is 0 Å². The van der Waals surface area contributed by atoms with Crippen LogP contribution in [0.2, 0.25) is 0 Å². The van der Waals surface area contributed by atoms with E-state index in [9.17, 15) is 9.82 Å². The van der Waals surface area contributed by atoms with Gasteiger partial charge in [-0.05, 0) is 43.2 Å². The number of carboxylic acid groups (broad SMARTS) is 1. The first-order valence-electron chi connectivity index (χ1n) is 7.20. The van der Waals surface area contributed by atoms with Gasteiger partial charge in [0.05, 0.1) is 11.2 Å². The molecule has 6 nitrogen and oxygen atoms in total. The number of aromatic carboxylic acids is 1. The van der Waals surface area contributed by atoms with Crippen LogP contribution in [0.5, 0.6) is 5.75 Å². The molecule has 9 heteroatoms. The van der Waals surface area contributed by atoms with Gasteiger partial charge >= 0.3 is 13.3 Å². The standard InChI is InChI=1S/C14H21BO5.BrClHN/c1-4-14(5-2,6-3)20-15(18)19-12-10-8-7-9-11(12)13(16)17;1-3-2/h7-10,18H,4-6H2,1-3H3,(H,16,17);3H. The second kappa shape index (κ2) is 11.7. The average molecular weight is 411 g/mol. The first-order chi connectivity index (χ1) is 10.9. The zero-order valence-electron chi connectivity index (χ0n) is 13.4. The van der Waals surface area contributed by atoms with E-state index in [1.165, 1.54) is 12.1 Å². The van der Waals surface area contributed by atoms with E-state index in [1.807, 2.05) is 24.6 Å². The van der Waals surface area contributed by atoms with E-state index in [0.29, 0.717) is 0 Å². The van der Waals surface area contributed by atoms with Gasteiger partial charge in [0.1, 0.15) is 5.75 Å². The highest BCUT2D eigenvalue weighted by Crippen LogP contribution is 2.26. The number of hydrogen-bond donors (Lipinski definition) is 3. The summed E-state index contributed by atoms with van der Waals surface area (Å²) in [5.41, 5.74) is -0.470. The van der Waals surface area contributed by atoms with E-state index in [0.717, 1.165) is 19.3 Å². The average Bonchev–Trinajstić information content (AvgIpc) is 2.54. The highest BCUT2D eigenvalue weighted by atomic mass is 79.9. The molecule has 130 valence electrons. The SMILES string of the molecule is CCC(CC)(CC)OB(O)Oc1ccccc1C(=O)O.ClNBr. The molecular formula is C14H22BBrClNO5. The molecule has 0 aromatic heterocycles. The minimum absolute atomic E-state index is 0.00903. The Morgan fingerprint density at radius 3 is 2.22 bits per heavy atom. The Hall–Kier alpha value is -0.795. The van der Waals surface area contributed by atoms with Crippen LogP contribution in [0.25, 0.3) is 0 Å². The van der Waals surface area contributed by atoms with Crippen molar-refractivity contribution < 1.29 is 24.2 Å². The molecule has 1 rings (SSSR count). The van der Waals surface area contributed by atoms with Gasteiger partial charge in [-0.1, -0.05) is 32.9 Å². The summed E-state index contributed by atoms with van der Waals surface area (Å²) in [4.78, 5) is 11.1. The topological polar surface area (TPSA) is 88.0 Å². The van der Waals surface area contributed by atoms with Gasteiger partial charge in [0.25, 0.3) is 0 Å². The van der Waals surface area contributed by atoms with Gasteiger partial charge in [-0.3, -0.25) is 0 Å². The molecule has 0 saturated heterocycles. The second-order valence-electron chi connectivity index (χ2n) is 4.66. The summed E-state index contributed by atoms with van der Waals surface area (Å²) in [5, 5.41) is 18.9. The quantitative estimate of drug-likeness (QED) is 0.447. The maximum Gasteiger partial charge on any atom is 0.710 e. The van der Waals surface area contributed by atoms with Crippen LogP contribution in [0.15, 0.2) is 24.3 Å². The molecule has 0 unspecified atom stereocenters. The summed E-state index contributed by atoms with van der Waals surface area (Å²) >= 11 is 7.33. The Morgan fingerprint density at radius 1 is 1.30 bits per heavy atom. The lowest BCUT2D eigenvalue weighted by molar-refractivity contribution is 0.0122. The molecule has 0 aliphatic heterocycles. The molecular weight excluding hydrogens is 388 g/mol. The molecule has 0 atom stereocenters. The Labute approximate surface area is 150 Å². The lowest BCUT2D eigenvalue weighted by atomic mass is 9.92. The Kier molecular flexibility index (Phi) is 11.3. The largest absolute Gasteiger partial charge is 0.710 e. The van der Waals surface area contributed by atoms with E-state index < -0.39 is 18.9 Å². The van der Waals surface area contributed by atoms with Crippen LogP contribution in [0.4, 0.5) is 0 Å². The van der Waals surface area contributed by atoms with Crippen molar-refractivity contribution in [2.75, 3.05) is 0 Å². The van der Waals surface area contributed by atoms with Crippen molar-refractivity contribution in [3.63, 3.8) is 0 Å². The van der Waals surface area contributed by atoms with Gasteiger partial charge in [-0.15, -0.1) is 0 Å². The summed E-state index contributed by atoms with van der Waals surface area (Å²) in [7, 11) is -1.49. The summed E-state index contributed by atoms with van der Waals surface area (Å²) in [6.45, 7) is 5.93. The zero-order chi connectivity index (χ0) is 17.9. The fourth-order valence-corrected chi connectivity index (χ4v) is 2.09. The minimum atomic E-state index is -1.49. The van der Waals surface area contributed by atoms with Crippen molar-refractivity contribution in [3.8, 4) is 5.75 Å². The Bertz CT molecular complexity index is 468. The maximum absolute atomic E-state index is 11.1. The van der Waals surface area contributed by atoms with Gasteiger partial charge in [0.15, 0.2) is 0 Å². The van der Waals surface area contributed by atoms with Gasteiger partial charge < -0.3 is 19.4 Å². The lowest BCUT2D eigenvalue weighted by Gasteiger charge is -2.31. The number of halogens is 2. The number of nitrogens with one attached hydrogen (secondary N) is 1. The highest BCUT2D eigenvalue weighted by molar-refractivity contribution is 9.08. The number of carboxylic acids is 1. The van der Waals surface area contributed by atoms with E-state index in [-0.39, 0.29) is 11.3 Å². The van der Waals surface area contributed by atoms with Crippen LogP contribution in [0.1, 0.15) is 50.4 Å². The van der Waals surface area contributed by atoms with E-state index in [4.69, 9.17) is 14.4 Å². The fourth-order valence-electron chi connectivity index (χ4n) is 2.09. The van der Waals surface area contributed by atoms with Gasteiger partial charge in [-0.2, -0.15) is 3.86 Å². The summed E-state index contributed by atoms with van der Waals surface area (Å²) in [6, 6.07) is 6.14. The van der Waals surface area contributed by atoms with Crippen LogP contribution in [-0.4, -0.2) is 29.0 Å². The van der Waals surface area contributed by atoms with E-state index >= 15 is 0 Å². The molecule has 0 radical (unpaired) electrons. The van der Waals surface area contributed by atoms with Crippen LogP contribution >= 0.6 is 27.9 Å². The molecule has 0 fully saturated rings. The van der Waals surface area contributed by atoms with Gasteiger partial charge in [-0.25, -0.2) is 4.79 Å². The van der Waals surface area contributed by atoms with Crippen molar-refractivity contribution in [2.24, 2.45) is 0 Å². The van der Waals surface area contributed by atoms with Crippen LogP contribution in [0.3, 0.4) is 0 Å². The second-order valence-corrected chi connectivity index (χ2v) is 5.70. The predicted octanol–water partition coefficient (Wildman–Crippen LogP) is 3.77. The van der Waals surface area contributed by atoms with E-state index in [2.05, 4.69) is 27.9 Å². The molecule has 0 heterocycles. The molecule has 23 heavy (non-hydrogen) atoms. The Balaban J connectivity index is 0.00000149. The lowest BCUT2D eigenvalue weighted by Crippen LogP contribution is -2.41. The molecule has 1 aromatic rings. The van der Waals surface area contributed by atoms with Gasteiger partial charge in [0, 0.05) is 16.1 Å². The molecule has 3 N–H and O–H groups in total. The third-order valence-corrected chi connectivity index (χ3v) is 3.63. The summed E-state index contributed by atoms with van der Waals surface area (Å²) in [5.74, 6) is -1.02. The van der Waals surface area contributed by atoms with Crippen LogP contribution in [0, 0.1) is 0 Å². The predicted molar refractivity (Wildman–Crippen MR) is 94.6 cm³/mol. The number of benzene rings is 1. The Morgan fingerprint density at radius 2 is 1.78 bits per heavy atom. The van der Waals surface area contributed by atoms with Crippen LogP contribution < -0.4 is 8.52 Å². The van der Waals surface area contributed by atoms with Crippen molar-refractivity contribution >= 4 is 41.2 Å². The number of para-hydroxylation sites is 1. The van der Waals surface area contributed by atoms with Crippen molar-refractivity contribution in [1.82, 2.24) is 3.86 Å².